The van der Waals surface area contributed by atoms with E-state index in [0.29, 0.717) is 11.4 Å². The molecule has 0 radical (unpaired) electrons. The maximum absolute atomic E-state index is 11.6. The topological polar surface area (TPSA) is 46.2 Å². The molecule has 0 saturated heterocycles. The van der Waals surface area contributed by atoms with Gasteiger partial charge < -0.3 is 5.32 Å². The Balaban J connectivity index is 2.02. The second-order valence-corrected chi connectivity index (χ2v) is 7.73. The van der Waals surface area contributed by atoms with Gasteiger partial charge in [-0.15, -0.1) is 0 Å². The van der Waals surface area contributed by atoms with E-state index >= 15 is 0 Å². The highest BCUT2D eigenvalue weighted by Gasteiger charge is 2.28. The number of anilines is 1. The maximum Gasteiger partial charge on any atom is 0.150 e. The summed E-state index contributed by atoms with van der Waals surface area (Å²) in [5.74, 6) is 0. The lowest BCUT2D eigenvalue weighted by Crippen LogP contribution is -2.34. The molecular formula is C13H18ClNO2S. The molecule has 0 heterocycles. The Morgan fingerprint density at radius 2 is 2.11 bits per heavy atom. The van der Waals surface area contributed by atoms with Crippen LogP contribution in [0.4, 0.5) is 5.69 Å². The highest BCUT2D eigenvalue weighted by molar-refractivity contribution is 7.91. The van der Waals surface area contributed by atoms with Crippen molar-refractivity contribution < 1.29 is 8.42 Å². The van der Waals surface area contributed by atoms with Crippen LogP contribution in [0.1, 0.15) is 25.7 Å². The van der Waals surface area contributed by atoms with Gasteiger partial charge in [-0.2, -0.15) is 0 Å². The van der Waals surface area contributed by atoms with Crippen molar-refractivity contribution in [2.24, 2.45) is 0 Å². The van der Waals surface area contributed by atoms with Gasteiger partial charge in [0.1, 0.15) is 9.84 Å². The van der Waals surface area contributed by atoms with E-state index in [0.717, 1.165) is 24.9 Å². The number of rotatable bonds is 3. The molecule has 0 spiro atoms. The van der Waals surface area contributed by atoms with Crippen LogP contribution in [0.3, 0.4) is 0 Å². The van der Waals surface area contributed by atoms with Gasteiger partial charge in [-0.3, -0.25) is 0 Å². The molecule has 1 saturated carbocycles. The summed E-state index contributed by atoms with van der Waals surface area (Å²) >= 11 is 5.93. The molecule has 1 aromatic rings. The SMILES string of the molecule is CS(=O)(=O)C1CCCC(Nc2cccc(Cl)c2)C1. The Labute approximate surface area is 113 Å². The van der Waals surface area contributed by atoms with Crippen LogP contribution in [0, 0.1) is 0 Å². The molecule has 1 aliphatic rings. The first kappa shape index (κ1) is 13.7. The lowest BCUT2D eigenvalue weighted by Gasteiger charge is -2.29. The maximum atomic E-state index is 11.6. The predicted octanol–water partition coefficient (Wildman–Crippen LogP) is 3.11. The molecule has 1 aromatic carbocycles. The van der Waals surface area contributed by atoms with E-state index < -0.39 is 9.84 Å². The average molecular weight is 288 g/mol. The Bertz CT molecular complexity index is 515. The van der Waals surface area contributed by atoms with Gasteiger partial charge in [0.25, 0.3) is 0 Å². The third-order valence-electron chi connectivity index (χ3n) is 3.43. The summed E-state index contributed by atoms with van der Waals surface area (Å²) in [4.78, 5) is 0. The fraction of sp³-hybridized carbons (Fsp3) is 0.538. The molecule has 0 aromatic heterocycles. The predicted molar refractivity (Wildman–Crippen MR) is 76.0 cm³/mol. The van der Waals surface area contributed by atoms with Gasteiger partial charge in [0.05, 0.1) is 5.25 Å². The van der Waals surface area contributed by atoms with Crippen molar-refractivity contribution in [2.45, 2.75) is 37.0 Å². The van der Waals surface area contributed by atoms with Crippen LogP contribution in [0.2, 0.25) is 5.02 Å². The minimum atomic E-state index is -2.93. The zero-order chi connectivity index (χ0) is 13.2. The summed E-state index contributed by atoms with van der Waals surface area (Å²) in [7, 11) is -2.93. The van der Waals surface area contributed by atoms with Crippen LogP contribution in [0.15, 0.2) is 24.3 Å². The summed E-state index contributed by atoms with van der Waals surface area (Å²) in [6.45, 7) is 0. The van der Waals surface area contributed by atoms with Gasteiger partial charge in [-0.1, -0.05) is 24.1 Å². The molecule has 2 unspecified atom stereocenters. The molecule has 0 bridgehead atoms. The normalized spacial score (nSPS) is 24.8. The molecule has 1 N–H and O–H groups in total. The zero-order valence-electron chi connectivity index (χ0n) is 10.4. The monoisotopic (exact) mass is 287 g/mol. The second kappa shape index (κ2) is 5.49. The first-order chi connectivity index (χ1) is 8.45. The van der Waals surface area contributed by atoms with E-state index in [1.807, 2.05) is 24.3 Å². The van der Waals surface area contributed by atoms with Crippen LogP contribution in [0.25, 0.3) is 0 Å². The summed E-state index contributed by atoms with van der Waals surface area (Å²) in [5.41, 5.74) is 0.960. The highest BCUT2D eigenvalue weighted by Crippen LogP contribution is 2.27. The standard InChI is InChI=1S/C13H18ClNO2S/c1-18(16,17)13-7-3-6-12(9-13)15-11-5-2-4-10(14)8-11/h2,4-5,8,12-13,15H,3,6-7,9H2,1H3. The summed E-state index contributed by atoms with van der Waals surface area (Å²) in [6, 6.07) is 7.76. The van der Waals surface area contributed by atoms with Crippen molar-refractivity contribution in [3.63, 3.8) is 0 Å². The number of hydrogen-bond acceptors (Lipinski definition) is 3. The highest BCUT2D eigenvalue weighted by atomic mass is 35.5. The van der Waals surface area contributed by atoms with Crippen LogP contribution >= 0.6 is 11.6 Å². The van der Waals surface area contributed by atoms with Crippen LogP contribution in [-0.4, -0.2) is 26.0 Å². The molecule has 2 rings (SSSR count). The number of hydrogen-bond donors (Lipinski definition) is 1. The van der Waals surface area contributed by atoms with Gasteiger partial charge in [0.2, 0.25) is 0 Å². The molecule has 100 valence electrons. The lowest BCUT2D eigenvalue weighted by atomic mass is 9.95. The first-order valence-electron chi connectivity index (χ1n) is 6.16. The zero-order valence-corrected chi connectivity index (χ0v) is 12.0. The van der Waals surface area contributed by atoms with Gasteiger partial charge in [-0.25, -0.2) is 8.42 Å². The molecule has 0 aliphatic heterocycles. The van der Waals surface area contributed by atoms with E-state index in [9.17, 15) is 8.42 Å². The summed E-state index contributed by atoms with van der Waals surface area (Å²) in [6.07, 6.45) is 4.77. The lowest BCUT2D eigenvalue weighted by molar-refractivity contribution is 0.453. The molecule has 1 aliphatic carbocycles. The quantitative estimate of drug-likeness (QED) is 0.929. The number of nitrogens with one attached hydrogen (secondary N) is 1. The van der Waals surface area contributed by atoms with Gasteiger partial charge in [0.15, 0.2) is 0 Å². The van der Waals surface area contributed by atoms with Crippen molar-refractivity contribution in [1.82, 2.24) is 0 Å². The molecule has 5 heteroatoms. The van der Waals surface area contributed by atoms with E-state index in [1.54, 1.807) is 0 Å². The fourth-order valence-corrected chi connectivity index (χ4v) is 3.85. The number of halogens is 1. The average Bonchev–Trinajstić information content (AvgIpc) is 2.28. The van der Waals surface area contributed by atoms with Gasteiger partial charge >= 0.3 is 0 Å². The molecular weight excluding hydrogens is 270 g/mol. The van der Waals surface area contributed by atoms with E-state index in [2.05, 4.69) is 5.32 Å². The second-order valence-electron chi connectivity index (χ2n) is 4.97. The first-order valence-corrected chi connectivity index (χ1v) is 8.49. The van der Waals surface area contributed by atoms with Crippen molar-refractivity contribution in [1.29, 1.82) is 0 Å². The third-order valence-corrected chi connectivity index (χ3v) is 5.30. The van der Waals surface area contributed by atoms with Crippen LogP contribution in [-0.2, 0) is 9.84 Å². The molecule has 0 amide bonds. The van der Waals surface area contributed by atoms with E-state index in [1.165, 1.54) is 6.26 Å². The van der Waals surface area contributed by atoms with E-state index in [4.69, 9.17) is 11.6 Å². The molecule has 2 atom stereocenters. The fourth-order valence-electron chi connectivity index (χ4n) is 2.48. The van der Waals surface area contributed by atoms with Gasteiger partial charge in [-0.05, 0) is 37.5 Å². The Morgan fingerprint density at radius 3 is 2.78 bits per heavy atom. The van der Waals surface area contributed by atoms with Crippen LogP contribution in [0.5, 0.6) is 0 Å². The molecule has 18 heavy (non-hydrogen) atoms. The van der Waals surface area contributed by atoms with Gasteiger partial charge in [0, 0.05) is 23.0 Å². The van der Waals surface area contributed by atoms with E-state index in [-0.39, 0.29) is 11.3 Å². The van der Waals surface area contributed by atoms with Crippen molar-refractivity contribution in [2.75, 3.05) is 11.6 Å². The van der Waals surface area contributed by atoms with Crippen LogP contribution < -0.4 is 5.32 Å². The Kier molecular flexibility index (Phi) is 4.17. The Morgan fingerprint density at radius 1 is 1.33 bits per heavy atom. The largest absolute Gasteiger partial charge is 0.382 e. The molecule has 1 fully saturated rings. The number of sulfone groups is 1. The summed E-state index contributed by atoms with van der Waals surface area (Å²) in [5, 5.41) is 3.86. The third kappa shape index (κ3) is 3.62. The van der Waals surface area contributed by atoms with Crippen molar-refractivity contribution in [3.8, 4) is 0 Å². The smallest absolute Gasteiger partial charge is 0.150 e. The molecule has 3 nitrogen and oxygen atoms in total. The van der Waals surface area contributed by atoms with Crippen molar-refractivity contribution >= 4 is 27.1 Å². The minimum Gasteiger partial charge on any atom is -0.382 e. The summed E-state index contributed by atoms with van der Waals surface area (Å²) < 4.78 is 23.2. The minimum absolute atomic E-state index is 0.206. The Hall–Kier alpha value is -0.740. The number of benzene rings is 1. The van der Waals surface area contributed by atoms with Crippen molar-refractivity contribution in [3.05, 3.63) is 29.3 Å².